The number of benzene rings is 2. The first-order valence-electron chi connectivity index (χ1n) is 11.7. The van der Waals surface area contributed by atoms with Gasteiger partial charge in [-0.15, -0.1) is 0 Å². The molecule has 0 radical (unpaired) electrons. The average Bonchev–Trinajstić information content (AvgIpc) is 2.75. The predicted molar refractivity (Wildman–Crippen MR) is 125 cm³/mol. The van der Waals surface area contributed by atoms with Gasteiger partial charge in [-0.2, -0.15) is 0 Å². The Morgan fingerprint density at radius 1 is 0.969 bits per heavy atom. The molecule has 4 heteroatoms. The zero-order valence-corrected chi connectivity index (χ0v) is 18.5. The highest BCUT2D eigenvalue weighted by atomic mass is 16.5. The second-order valence-corrected chi connectivity index (χ2v) is 10.2. The fourth-order valence-corrected chi connectivity index (χ4v) is 6.82. The lowest BCUT2D eigenvalue weighted by molar-refractivity contribution is -0.131. The van der Waals surface area contributed by atoms with Gasteiger partial charge in [-0.3, -0.25) is 4.79 Å². The first-order chi connectivity index (χ1) is 15.4. The van der Waals surface area contributed by atoms with Crippen molar-refractivity contribution in [3.8, 4) is 16.9 Å². The maximum atomic E-state index is 11.6. The molecule has 166 valence electrons. The quantitative estimate of drug-likeness (QED) is 0.557. The van der Waals surface area contributed by atoms with Gasteiger partial charge in [0.15, 0.2) is 5.78 Å². The number of rotatable bonds is 7. The number of ether oxygens (including phenoxy) is 1. The van der Waals surface area contributed by atoms with E-state index in [1.807, 2.05) is 30.3 Å². The summed E-state index contributed by atoms with van der Waals surface area (Å²) in [5.41, 5.74) is 4.55. The number of ketones is 1. The van der Waals surface area contributed by atoms with Crippen molar-refractivity contribution in [2.24, 2.45) is 17.8 Å². The molecular formula is C28H30O4. The summed E-state index contributed by atoms with van der Waals surface area (Å²) >= 11 is 0. The molecule has 0 amide bonds. The zero-order valence-electron chi connectivity index (χ0n) is 18.5. The molecular weight excluding hydrogens is 400 g/mol. The molecule has 32 heavy (non-hydrogen) atoms. The van der Waals surface area contributed by atoms with Crippen LogP contribution < -0.4 is 4.74 Å². The van der Waals surface area contributed by atoms with Gasteiger partial charge in [-0.1, -0.05) is 30.3 Å². The lowest BCUT2D eigenvalue weighted by atomic mass is 9.48. The lowest BCUT2D eigenvalue weighted by Crippen LogP contribution is -2.48. The molecule has 4 fully saturated rings. The Morgan fingerprint density at radius 2 is 1.56 bits per heavy atom. The van der Waals surface area contributed by atoms with Gasteiger partial charge in [0.2, 0.25) is 0 Å². The van der Waals surface area contributed by atoms with Crippen molar-refractivity contribution in [1.29, 1.82) is 0 Å². The van der Waals surface area contributed by atoms with Crippen LogP contribution in [-0.4, -0.2) is 23.5 Å². The molecule has 0 unspecified atom stereocenters. The first-order valence-corrected chi connectivity index (χ1v) is 11.7. The van der Waals surface area contributed by atoms with E-state index in [-0.39, 0.29) is 17.8 Å². The number of carboxylic acid groups (broad SMARTS) is 1. The molecule has 4 saturated carbocycles. The number of hydrogen-bond acceptors (Lipinski definition) is 3. The number of aliphatic carboxylic acids is 1. The summed E-state index contributed by atoms with van der Waals surface area (Å²) in [6.45, 7) is 1.68. The third-order valence-corrected chi connectivity index (χ3v) is 7.68. The molecule has 0 spiro atoms. The molecule has 2 aromatic carbocycles. The van der Waals surface area contributed by atoms with Crippen molar-refractivity contribution in [1.82, 2.24) is 0 Å². The van der Waals surface area contributed by atoms with Gasteiger partial charge in [-0.05, 0) is 104 Å². The highest BCUT2D eigenvalue weighted by Gasteiger charge is 2.52. The fourth-order valence-electron chi connectivity index (χ4n) is 6.82. The van der Waals surface area contributed by atoms with E-state index in [4.69, 9.17) is 9.84 Å². The Labute approximate surface area is 189 Å². The van der Waals surface area contributed by atoms with Crippen molar-refractivity contribution in [3.63, 3.8) is 0 Å². The van der Waals surface area contributed by atoms with Gasteiger partial charge in [0.25, 0.3) is 0 Å². The van der Waals surface area contributed by atoms with Crippen LogP contribution in [-0.2, 0) is 15.0 Å². The van der Waals surface area contributed by atoms with Gasteiger partial charge in [0.1, 0.15) is 12.4 Å². The van der Waals surface area contributed by atoms with Crippen LogP contribution in [0.5, 0.6) is 5.75 Å². The van der Waals surface area contributed by atoms with Crippen LogP contribution in [0.3, 0.4) is 0 Å². The molecule has 4 aliphatic carbocycles. The number of carbonyl (C=O) groups is 2. The van der Waals surface area contributed by atoms with Gasteiger partial charge >= 0.3 is 5.97 Å². The maximum Gasteiger partial charge on any atom is 0.328 e. The first kappa shape index (κ1) is 21.0. The number of hydrogen-bond donors (Lipinski definition) is 1. The van der Waals surface area contributed by atoms with E-state index in [0.717, 1.165) is 46.3 Å². The van der Waals surface area contributed by atoms with E-state index in [1.54, 1.807) is 13.0 Å². The Hall–Kier alpha value is -2.88. The third kappa shape index (κ3) is 4.11. The zero-order chi connectivity index (χ0) is 22.3. The van der Waals surface area contributed by atoms with Crippen molar-refractivity contribution < 1.29 is 19.4 Å². The Balaban J connectivity index is 1.51. The smallest absolute Gasteiger partial charge is 0.328 e. The predicted octanol–water partition coefficient (Wildman–Crippen LogP) is 5.89. The molecule has 0 aromatic heterocycles. The van der Waals surface area contributed by atoms with Gasteiger partial charge in [0, 0.05) is 11.6 Å². The summed E-state index contributed by atoms with van der Waals surface area (Å²) in [5, 5.41) is 8.84. The lowest BCUT2D eigenvalue weighted by Gasteiger charge is -2.57. The maximum absolute atomic E-state index is 11.6. The highest BCUT2D eigenvalue weighted by Crippen LogP contribution is 2.62. The third-order valence-electron chi connectivity index (χ3n) is 7.68. The summed E-state index contributed by atoms with van der Waals surface area (Å²) in [6, 6.07) is 14.4. The number of Topliss-reactive ketones (excluding diaryl/α,β-unsaturated/α-hetero) is 1. The van der Waals surface area contributed by atoms with E-state index in [9.17, 15) is 9.59 Å². The van der Waals surface area contributed by atoms with Crippen LogP contribution in [0, 0.1) is 17.8 Å². The molecule has 4 aliphatic rings. The van der Waals surface area contributed by atoms with Crippen LogP contribution >= 0.6 is 0 Å². The topological polar surface area (TPSA) is 63.6 Å². The largest absolute Gasteiger partial charge is 0.486 e. The van der Waals surface area contributed by atoms with Crippen molar-refractivity contribution >= 4 is 17.8 Å². The van der Waals surface area contributed by atoms with Crippen molar-refractivity contribution in [3.05, 3.63) is 59.7 Å². The molecule has 0 aliphatic heterocycles. The van der Waals surface area contributed by atoms with Gasteiger partial charge in [-0.25, -0.2) is 4.79 Å². The van der Waals surface area contributed by atoms with E-state index in [0.29, 0.717) is 0 Å². The van der Waals surface area contributed by atoms with Crippen LogP contribution in [0.1, 0.15) is 56.6 Å². The molecule has 4 bridgehead atoms. The molecule has 0 heterocycles. The Morgan fingerprint density at radius 3 is 2.12 bits per heavy atom. The summed E-state index contributed by atoms with van der Waals surface area (Å²) in [5.74, 6) is 2.43. The second-order valence-electron chi connectivity index (χ2n) is 10.2. The Bertz CT molecular complexity index is 1030. The summed E-state index contributed by atoms with van der Waals surface area (Å²) in [6.07, 6.45) is 10.6. The number of carboxylic acids is 1. The minimum atomic E-state index is -0.949. The van der Waals surface area contributed by atoms with Crippen molar-refractivity contribution in [2.45, 2.75) is 50.9 Å². The average molecular weight is 431 g/mol. The minimum Gasteiger partial charge on any atom is -0.486 e. The molecule has 0 saturated heterocycles. The normalized spacial score (nSPS) is 28.2. The van der Waals surface area contributed by atoms with Crippen LogP contribution in [0.4, 0.5) is 0 Å². The molecule has 0 atom stereocenters. The number of carbonyl (C=O) groups excluding carboxylic acids is 1. The minimum absolute atomic E-state index is 0.0375. The van der Waals surface area contributed by atoms with Crippen LogP contribution in [0.15, 0.2) is 48.5 Å². The summed E-state index contributed by atoms with van der Waals surface area (Å²) in [4.78, 5) is 22.4. The molecule has 2 aromatic rings. The van der Waals surface area contributed by atoms with E-state index in [2.05, 4.69) is 12.1 Å². The van der Waals surface area contributed by atoms with E-state index in [1.165, 1.54) is 44.1 Å². The van der Waals surface area contributed by atoms with Crippen LogP contribution in [0.25, 0.3) is 17.2 Å². The molecule has 4 nitrogen and oxygen atoms in total. The Kier molecular flexibility index (Phi) is 5.40. The van der Waals surface area contributed by atoms with Crippen molar-refractivity contribution in [2.75, 3.05) is 6.61 Å². The monoisotopic (exact) mass is 430 g/mol. The molecule has 6 rings (SSSR count). The molecule has 1 N–H and O–H groups in total. The fraction of sp³-hybridized carbons (Fsp3) is 0.429. The van der Waals surface area contributed by atoms with Crippen LogP contribution in [0.2, 0.25) is 0 Å². The SMILES string of the molecule is CC(=O)COc1ccc(-c2ccc(/C=C/C(=O)O)cc2)cc1C12CC3CC(CC(C3)C1)C2. The standard InChI is InChI=1S/C28H30O4/c1-18(29)17-32-26-8-7-24(23-5-2-19(3-6-23)4-9-27(30)31)13-25(26)28-14-20-10-21(15-28)12-22(11-20)16-28/h2-9,13,20-22H,10-12,14-17H2,1H3,(H,30,31)/b9-4+. The summed E-state index contributed by atoms with van der Waals surface area (Å²) in [7, 11) is 0. The summed E-state index contributed by atoms with van der Waals surface area (Å²) < 4.78 is 6.04. The van der Waals surface area contributed by atoms with Gasteiger partial charge < -0.3 is 9.84 Å². The van der Waals surface area contributed by atoms with E-state index < -0.39 is 5.97 Å². The van der Waals surface area contributed by atoms with E-state index >= 15 is 0 Å². The second kappa shape index (κ2) is 8.23. The van der Waals surface area contributed by atoms with Gasteiger partial charge in [0.05, 0.1) is 0 Å². The highest BCUT2D eigenvalue weighted by molar-refractivity contribution is 5.85.